The molecule has 1 aromatic rings. The summed E-state index contributed by atoms with van der Waals surface area (Å²) in [5.41, 5.74) is 2.72. The Balaban J connectivity index is 1.92. The van der Waals surface area contributed by atoms with Gasteiger partial charge >= 0.3 is 0 Å². The minimum atomic E-state index is 0.647. The van der Waals surface area contributed by atoms with E-state index in [-0.39, 0.29) is 0 Å². The Morgan fingerprint density at radius 2 is 2.11 bits per heavy atom. The van der Waals surface area contributed by atoms with Crippen LogP contribution in [0.5, 0.6) is 0 Å². The molecule has 0 aromatic heterocycles. The maximum absolute atomic E-state index is 3.71. The van der Waals surface area contributed by atoms with Crippen molar-refractivity contribution in [2.75, 3.05) is 25.0 Å². The fourth-order valence-electron chi connectivity index (χ4n) is 2.73. The Kier molecular flexibility index (Phi) is 5.06. The molecule has 1 unspecified atom stereocenters. The minimum Gasteiger partial charge on any atom is -0.382 e. The normalized spacial score (nSPS) is 21.6. The van der Waals surface area contributed by atoms with E-state index < -0.39 is 0 Å². The second-order valence-corrected chi connectivity index (χ2v) is 5.26. The summed E-state index contributed by atoms with van der Waals surface area (Å²) in [5.74, 6) is 0. The Morgan fingerprint density at radius 1 is 1.22 bits per heavy atom. The first kappa shape index (κ1) is 13.4. The minimum absolute atomic E-state index is 0.647. The number of nitrogens with zero attached hydrogens (tertiary/aromatic N) is 1. The average molecular weight is 246 g/mol. The van der Waals surface area contributed by atoms with Crippen molar-refractivity contribution in [2.24, 2.45) is 0 Å². The van der Waals surface area contributed by atoms with Gasteiger partial charge in [0.25, 0.3) is 0 Å². The predicted octanol–water partition coefficient (Wildman–Crippen LogP) is 3.54. The molecule has 18 heavy (non-hydrogen) atoms. The summed E-state index contributed by atoms with van der Waals surface area (Å²) >= 11 is 0. The summed E-state index contributed by atoms with van der Waals surface area (Å²) in [7, 11) is 0. The van der Waals surface area contributed by atoms with Gasteiger partial charge in [0.1, 0.15) is 0 Å². The van der Waals surface area contributed by atoms with Crippen molar-refractivity contribution < 1.29 is 0 Å². The zero-order chi connectivity index (χ0) is 12.8. The Bertz CT molecular complexity index is 362. The van der Waals surface area contributed by atoms with Crippen LogP contribution >= 0.6 is 0 Å². The van der Waals surface area contributed by atoms with Gasteiger partial charge in [-0.1, -0.05) is 26.0 Å². The van der Waals surface area contributed by atoms with Crippen LogP contribution in [0, 0.1) is 0 Å². The Morgan fingerprint density at radius 3 is 2.89 bits per heavy atom. The van der Waals surface area contributed by atoms with Crippen molar-refractivity contribution in [1.29, 1.82) is 0 Å². The van der Waals surface area contributed by atoms with Gasteiger partial charge in [-0.3, -0.25) is 0 Å². The SMILES string of the molecule is CCc1cccc(NC2CCCN(CC)CC2)c1. The first-order valence-corrected chi connectivity index (χ1v) is 7.39. The fraction of sp³-hybridized carbons (Fsp3) is 0.625. The molecular weight excluding hydrogens is 220 g/mol. The summed E-state index contributed by atoms with van der Waals surface area (Å²) in [6.45, 7) is 8.17. The van der Waals surface area contributed by atoms with E-state index in [9.17, 15) is 0 Å². The highest BCUT2D eigenvalue weighted by molar-refractivity contribution is 5.46. The zero-order valence-electron chi connectivity index (χ0n) is 11.8. The maximum atomic E-state index is 3.71. The third kappa shape index (κ3) is 3.74. The van der Waals surface area contributed by atoms with E-state index in [4.69, 9.17) is 0 Å². The van der Waals surface area contributed by atoms with Crippen LogP contribution < -0.4 is 5.32 Å². The lowest BCUT2D eigenvalue weighted by Crippen LogP contribution is -2.26. The maximum Gasteiger partial charge on any atom is 0.0345 e. The first-order chi connectivity index (χ1) is 8.81. The summed E-state index contributed by atoms with van der Waals surface area (Å²) in [6, 6.07) is 9.51. The Labute approximate surface area is 111 Å². The summed E-state index contributed by atoms with van der Waals surface area (Å²) in [5, 5.41) is 3.71. The molecule has 0 radical (unpaired) electrons. The van der Waals surface area contributed by atoms with Crippen LogP contribution in [0.25, 0.3) is 0 Å². The van der Waals surface area contributed by atoms with Crippen molar-refractivity contribution in [3.05, 3.63) is 29.8 Å². The van der Waals surface area contributed by atoms with Gasteiger partial charge in [0, 0.05) is 18.3 Å². The van der Waals surface area contributed by atoms with Crippen molar-refractivity contribution >= 4 is 5.69 Å². The number of hydrogen-bond acceptors (Lipinski definition) is 2. The molecule has 1 aromatic carbocycles. The van der Waals surface area contributed by atoms with Gasteiger partial charge in [0.05, 0.1) is 0 Å². The van der Waals surface area contributed by atoms with Crippen LogP contribution in [-0.4, -0.2) is 30.6 Å². The second kappa shape index (κ2) is 6.79. The third-order valence-corrected chi connectivity index (χ3v) is 3.97. The fourth-order valence-corrected chi connectivity index (χ4v) is 2.73. The van der Waals surface area contributed by atoms with Crippen LogP contribution in [0.1, 0.15) is 38.7 Å². The van der Waals surface area contributed by atoms with Crippen LogP contribution in [-0.2, 0) is 6.42 Å². The molecule has 1 saturated heterocycles. The summed E-state index contributed by atoms with van der Waals surface area (Å²) in [4.78, 5) is 2.56. The highest BCUT2D eigenvalue weighted by atomic mass is 15.1. The number of anilines is 1. The van der Waals surface area contributed by atoms with Gasteiger partial charge in [-0.05, 0) is 56.5 Å². The highest BCUT2D eigenvalue weighted by Crippen LogP contribution is 2.18. The average Bonchev–Trinajstić information content (AvgIpc) is 2.64. The smallest absolute Gasteiger partial charge is 0.0345 e. The zero-order valence-corrected chi connectivity index (χ0v) is 11.8. The van der Waals surface area contributed by atoms with Crippen molar-refractivity contribution in [3.63, 3.8) is 0 Å². The molecular formula is C16H26N2. The van der Waals surface area contributed by atoms with Gasteiger partial charge < -0.3 is 10.2 Å². The van der Waals surface area contributed by atoms with E-state index in [0.29, 0.717) is 6.04 Å². The lowest BCUT2D eigenvalue weighted by molar-refractivity contribution is 0.300. The third-order valence-electron chi connectivity index (χ3n) is 3.97. The van der Waals surface area contributed by atoms with Gasteiger partial charge in [-0.15, -0.1) is 0 Å². The van der Waals surface area contributed by atoms with Gasteiger partial charge in [-0.25, -0.2) is 0 Å². The molecule has 2 nitrogen and oxygen atoms in total. The number of benzene rings is 1. The second-order valence-electron chi connectivity index (χ2n) is 5.26. The van der Waals surface area contributed by atoms with E-state index in [1.165, 1.54) is 50.1 Å². The molecule has 0 saturated carbocycles. The molecule has 0 bridgehead atoms. The molecule has 1 heterocycles. The topological polar surface area (TPSA) is 15.3 Å². The molecule has 100 valence electrons. The lowest BCUT2D eigenvalue weighted by atomic mass is 10.1. The van der Waals surface area contributed by atoms with Crippen molar-refractivity contribution in [3.8, 4) is 0 Å². The molecule has 1 fully saturated rings. The van der Waals surface area contributed by atoms with E-state index in [2.05, 4.69) is 48.3 Å². The largest absolute Gasteiger partial charge is 0.382 e. The van der Waals surface area contributed by atoms with Gasteiger partial charge in [-0.2, -0.15) is 0 Å². The highest BCUT2D eigenvalue weighted by Gasteiger charge is 2.15. The molecule has 0 aliphatic carbocycles. The first-order valence-electron chi connectivity index (χ1n) is 7.39. The van der Waals surface area contributed by atoms with E-state index in [1.807, 2.05) is 0 Å². The molecule has 1 aliphatic heterocycles. The molecule has 2 heteroatoms. The standard InChI is InChI=1S/C16H26N2/c1-3-14-7-5-8-16(13-14)17-15-9-6-11-18(4-2)12-10-15/h5,7-8,13,15,17H,3-4,6,9-12H2,1-2H3. The molecule has 0 spiro atoms. The van der Waals surface area contributed by atoms with Gasteiger partial charge in [0.2, 0.25) is 0 Å². The monoisotopic (exact) mass is 246 g/mol. The van der Waals surface area contributed by atoms with E-state index in [1.54, 1.807) is 0 Å². The van der Waals surface area contributed by atoms with Crippen molar-refractivity contribution in [2.45, 2.75) is 45.6 Å². The molecule has 1 atom stereocenters. The lowest BCUT2D eigenvalue weighted by Gasteiger charge is -2.19. The Hall–Kier alpha value is -1.02. The van der Waals surface area contributed by atoms with E-state index in [0.717, 1.165) is 6.42 Å². The number of aryl methyl sites for hydroxylation is 1. The van der Waals surface area contributed by atoms with Crippen LogP contribution in [0.2, 0.25) is 0 Å². The molecule has 2 rings (SSSR count). The van der Waals surface area contributed by atoms with E-state index >= 15 is 0 Å². The predicted molar refractivity (Wildman–Crippen MR) is 79.2 cm³/mol. The number of likely N-dealkylation sites (tertiary alicyclic amines) is 1. The molecule has 1 aliphatic rings. The van der Waals surface area contributed by atoms with Crippen LogP contribution in [0.3, 0.4) is 0 Å². The number of nitrogens with one attached hydrogen (secondary N) is 1. The summed E-state index contributed by atoms with van der Waals surface area (Å²) < 4.78 is 0. The van der Waals surface area contributed by atoms with Crippen LogP contribution in [0.4, 0.5) is 5.69 Å². The number of hydrogen-bond donors (Lipinski definition) is 1. The van der Waals surface area contributed by atoms with Gasteiger partial charge in [0.15, 0.2) is 0 Å². The quantitative estimate of drug-likeness (QED) is 0.874. The number of rotatable bonds is 4. The molecule has 0 amide bonds. The van der Waals surface area contributed by atoms with Crippen molar-refractivity contribution in [1.82, 2.24) is 4.90 Å². The van der Waals surface area contributed by atoms with Crippen LogP contribution in [0.15, 0.2) is 24.3 Å². The molecule has 1 N–H and O–H groups in total. The summed E-state index contributed by atoms with van der Waals surface area (Å²) in [6.07, 6.45) is 5.00.